The number of benzene rings is 2. The zero-order valence-corrected chi connectivity index (χ0v) is 13.5. The van der Waals surface area contributed by atoms with Crippen molar-refractivity contribution in [2.24, 2.45) is 0 Å². The Morgan fingerprint density at radius 2 is 1.57 bits per heavy atom. The summed E-state index contributed by atoms with van der Waals surface area (Å²) in [7, 11) is 0. The molecule has 0 bridgehead atoms. The van der Waals surface area contributed by atoms with Crippen LogP contribution in [-0.4, -0.2) is 10.2 Å². The van der Waals surface area contributed by atoms with Crippen molar-refractivity contribution in [2.75, 3.05) is 0 Å². The number of phenols is 2. The van der Waals surface area contributed by atoms with Gasteiger partial charge in [0.1, 0.15) is 11.5 Å². The van der Waals surface area contributed by atoms with E-state index in [1.807, 2.05) is 32.0 Å². The topological polar surface area (TPSA) is 40.5 Å². The molecule has 0 saturated carbocycles. The first-order valence-electron chi connectivity index (χ1n) is 7.30. The fourth-order valence-electron chi connectivity index (χ4n) is 2.61. The predicted molar refractivity (Wildman–Crippen MR) is 87.2 cm³/mol. The smallest absolute Gasteiger partial charge is 0.122 e. The van der Waals surface area contributed by atoms with Crippen LogP contribution in [0.1, 0.15) is 48.6 Å². The highest BCUT2D eigenvalue weighted by atomic mass is 16.3. The zero-order valence-electron chi connectivity index (χ0n) is 13.5. The van der Waals surface area contributed by atoms with Gasteiger partial charge in [-0.1, -0.05) is 44.5 Å². The molecule has 0 saturated heterocycles. The van der Waals surface area contributed by atoms with E-state index in [1.165, 1.54) is 0 Å². The number of phenolic OH excluding ortho intramolecular Hbond substituents is 2. The molecule has 21 heavy (non-hydrogen) atoms. The molecule has 0 unspecified atom stereocenters. The Kier molecular flexibility index (Phi) is 3.99. The lowest BCUT2D eigenvalue weighted by Crippen LogP contribution is -2.12. The summed E-state index contributed by atoms with van der Waals surface area (Å²) in [5.74, 6) is 0.634. The summed E-state index contributed by atoms with van der Waals surface area (Å²) in [6.07, 6.45) is 0.622. The minimum absolute atomic E-state index is 0.0985. The Morgan fingerprint density at radius 3 is 2.19 bits per heavy atom. The molecule has 0 amide bonds. The molecule has 2 N–H and O–H groups in total. The molecule has 0 fully saturated rings. The molecule has 2 nitrogen and oxygen atoms in total. The quantitative estimate of drug-likeness (QED) is 0.846. The van der Waals surface area contributed by atoms with Crippen LogP contribution in [0.5, 0.6) is 11.5 Å². The third kappa shape index (κ3) is 3.38. The number of hydrogen-bond donors (Lipinski definition) is 2. The average molecular weight is 284 g/mol. The van der Waals surface area contributed by atoms with Crippen molar-refractivity contribution in [1.82, 2.24) is 0 Å². The molecule has 0 aliphatic heterocycles. The summed E-state index contributed by atoms with van der Waals surface area (Å²) in [5, 5.41) is 20.3. The Bertz CT molecular complexity index is 664. The highest BCUT2D eigenvalue weighted by molar-refractivity contribution is 5.49. The van der Waals surface area contributed by atoms with Gasteiger partial charge >= 0.3 is 0 Å². The fourth-order valence-corrected chi connectivity index (χ4v) is 2.61. The fraction of sp³-hybridized carbons (Fsp3) is 0.368. The Labute approximate surface area is 127 Å². The molecule has 0 aromatic heterocycles. The van der Waals surface area contributed by atoms with Gasteiger partial charge in [-0.3, -0.25) is 0 Å². The molecule has 0 radical (unpaired) electrons. The van der Waals surface area contributed by atoms with Gasteiger partial charge in [0.2, 0.25) is 0 Å². The summed E-state index contributed by atoms with van der Waals surface area (Å²) >= 11 is 0. The van der Waals surface area contributed by atoms with Gasteiger partial charge in [-0.2, -0.15) is 0 Å². The van der Waals surface area contributed by atoms with E-state index < -0.39 is 0 Å². The van der Waals surface area contributed by atoms with E-state index >= 15 is 0 Å². The average Bonchev–Trinajstić information content (AvgIpc) is 2.36. The van der Waals surface area contributed by atoms with E-state index in [0.29, 0.717) is 12.2 Å². The van der Waals surface area contributed by atoms with Crippen LogP contribution in [0.2, 0.25) is 0 Å². The largest absolute Gasteiger partial charge is 0.508 e. The first-order chi connectivity index (χ1) is 9.68. The van der Waals surface area contributed by atoms with E-state index in [1.54, 1.807) is 12.1 Å². The van der Waals surface area contributed by atoms with Crippen LogP contribution in [0.3, 0.4) is 0 Å². The second kappa shape index (κ2) is 5.44. The standard InChI is InChI=1S/C19H24O2/c1-12-8-15(18(21)17(9-12)19(3,4)5)10-14-11-16(20)7-6-13(14)2/h6-9,11,20-21H,10H2,1-5H3. The van der Waals surface area contributed by atoms with E-state index in [0.717, 1.165) is 27.8 Å². The maximum absolute atomic E-state index is 10.6. The van der Waals surface area contributed by atoms with Crippen LogP contribution in [0.4, 0.5) is 0 Å². The van der Waals surface area contributed by atoms with E-state index in [9.17, 15) is 10.2 Å². The number of rotatable bonds is 2. The molecule has 0 spiro atoms. The van der Waals surface area contributed by atoms with Gasteiger partial charge < -0.3 is 10.2 Å². The molecule has 0 aliphatic rings. The highest BCUT2D eigenvalue weighted by Gasteiger charge is 2.21. The summed E-state index contributed by atoms with van der Waals surface area (Å²) in [5.41, 5.74) is 5.08. The minimum Gasteiger partial charge on any atom is -0.508 e. The molecule has 0 atom stereocenters. The Balaban J connectivity index is 2.50. The first kappa shape index (κ1) is 15.4. The predicted octanol–water partition coefficient (Wildman–Crippen LogP) is 4.60. The normalized spacial score (nSPS) is 11.7. The minimum atomic E-state index is -0.0985. The maximum atomic E-state index is 10.6. The Morgan fingerprint density at radius 1 is 0.905 bits per heavy atom. The third-order valence-electron chi connectivity index (χ3n) is 3.85. The van der Waals surface area contributed by atoms with Crippen molar-refractivity contribution >= 4 is 0 Å². The number of hydrogen-bond acceptors (Lipinski definition) is 2. The summed E-state index contributed by atoms with van der Waals surface area (Å²) in [6, 6.07) is 9.44. The summed E-state index contributed by atoms with van der Waals surface area (Å²) in [6.45, 7) is 10.4. The van der Waals surface area contributed by atoms with Crippen molar-refractivity contribution in [3.8, 4) is 11.5 Å². The lowest BCUT2D eigenvalue weighted by atomic mass is 9.83. The van der Waals surface area contributed by atoms with Crippen LogP contribution in [0.15, 0.2) is 30.3 Å². The molecule has 2 aromatic rings. The van der Waals surface area contributed by atoms with Crippen molar-refractivity contribution in [1.29, 1.82) is 0 Å². The van der Waals surface area contributed by atoms with Crippen molar-refractivity contribution in [2.45, 2.75) is 46.5 Å². The van der Waals surface area contributed by atoms with Crippen molar-refractivity contribution in [3.63, 3.8) is 0 Å². The monoisotopic (exact) mass is 284 g/mol. The van der Waals surface area contributed by atoms with Crippen LogP contribution in [-0.2, 0) is 11.8 Å². The first-order valence-corrected chi connectivity index (χ1v) is 7.30. The van der Waals surface area contributed by atoms with Crippen LogP contribution in [0, 0.1) is 13.8 Å². The van der Waals surface area contributed by atoms with Crippen LogP contribution in [0.25, 0.3) is 0 Å². The van der Waals surface area contributed by atoms with E-state index in [2.05, 4.69) is 20.8 Å². The van der Waals surface area contributed by atoms with Crippen LogP contribution >= 0.6 is 0 Å². The molecule has 0 aliphatic carbocycles. The molecular formula is C19H24O2. The van der Waals surface area contributed by atoms with Gasteiger partial charge in [0.25, 0.3) is 0 Å². The molecule has 2 heteroatoms. The summed E-state index contributed by atoms with van der Waals surface area (Å²) < 4.78 is 0. The Hall–Kier alpha value is -1.96. The van der Waals surface area contributed by atoms with E-state index in [-0.39, 0.29) is 11.2 Å². The highest BCUT2D eigenvalue weighted by Crippen LogP contribution is 2.35. The SMILES string of the molecule is Cc1cc(Cc2cc(O)ccc2C)c(O)c(C(C)(C)C)c1. The maximum Gasteiger partial charge on any atom is 0.122 e. The van der Waals surface area contributed by atoms with Gasteiger partial charge in [0, 0.05) is 6.42 Å². The zero-order chi connectivity index (χ0) is 15.8. The number of aromatic hydroxyl groups is 2. The van der Waals surface area contributed by atoms with Gasteiger partial charge in [-0.05, 0) is 53.6 Å². The molecule has 0 heterocycles. The lowest BCUT2D eigenvalue weighted by Gasteiger charge is -2.23. The number of aryl methyl sites for hydroxylation is 2. The van der Waals surface area contributed by atoms with E-state index in [4.69, 9.17) is 0 Å². The molecule has 2 aromatic carbocycles. The second-order valence-electron chi connectivity index (χ2n) is 6.86. The lowest BCUT2D eigenvalue weighted by molar-refractivity contribution is 0.441. The van der Waals surface area contributed by atoms with Crippen molar-refractivity contribution < 1.29 is 10.2 Å². The molecule has 2 rings (SSSR count). The summed E-state index contributed by atoms with van der Waals surface area (Å²) in [4.78, 5) is 0. The van der Waals surface area contributed by atoms with Gasteiger partial charge in [0.15, 0.2) is 0 Å². The van der Waals surface area contributed by atoms with Crippen molar-refractivity contribution in [3.05, 3.63) is 58.1 Å². The van der Waals surface area contributed by atoms with Gasteiger partial charge in [-0.15, -0.1) is 0 Å². The van der Waals surface area contributed by atoms with Crippen LogP contribution < -0.4 is 0 Å². The second-order valence-corrected chi connectivity index (χ2v) is 6.86. The molecular weight excluding hydrogens is 260 g/mol. The molecule has 112 valence electrons. The third-order valence-corrected chi connectivity index (χ3v) is 3.85. The van der Waals surface area contributed by atoms with Gasteiger partial charge in [-0.25, -0.2) is 0 Å². The van der Waals surface area contributed by atoms with Gasteiger partial charge in [0.05, 0.1) is 0 Å².